The zero-order valence-corrected chi connectivity index (χ0v) is 35.1. The molecule has 4 N–H and O–H groups in total. The van der Waals surface area contributed by atoms with Gasteiger partial charge in [0.15, 0.2) is 17.8 Å². The first-order valence-corrected chi connectivity index (χ1v) is 23.0. The number of anilines is 3. The summed E-state index contributed by atoms with van der Waals surface area (Å²) in [6, 6.07) is 0. The average molecular weight is 758 g/mol. The van der Waals surface area contributed by atoms with Gasteiger partial charge in [0.05, 0.1) is 13.3 Å². The number of nitrogens with two attached hydrogens (primary N) is 1. The van der Waals surface area contributed by atoms with E-state index in [1.807, 2.05) is 0 Å². The van der Waals surface area contributed by atoms with Crippen LogP contribution in [0.25, 0.3) is 0 Å². The van der Waals surface area contributed by atoms with Crippen LogP contribution in [0.2, 0.25) is 0 Å². The molecule has 1 aromatic rings. The summed E-state index contributed by atoms with van der Waals surface area (Å²) in [7, 11) is 0. The van der Waals surface area contributed by atoms with Gasteiger partial charge in [-0.1, -0.05) is 194 Å². The van der Waals surface area contributed by atoms with Crippen LogP contribution in [-0.4, -0.2) is 41.0 Å². The Morgan fingerprint density at radius 2 is 1.00 bits per heavy atom. The van der Waals surface area contributed by atoms with E-state index in [1.165, 1.54) is 161 Å². The summed E-state index contributed by atoms with van der Waals surface area (Å²) in [5.41, 5.74) is 5.79. The van der Waals surface area contributed by atoms with E-state index in [0.717, 1.165) is 32.1 Å². The number of nitrogens with one attached hydrogen (secondary N) is 2. The third-order valence-corrected chi connectivity index (χ3v) is 11.1. The van der Waals surface area contributed by atoms with Gasteiger partial charge in [0.25, 0.3) is 5.56 Å². The lowest BCUT2D eigenvalue weighted by Gasteiger charge is -2.27. The highest BCUT2D eigenvalue weighted by molar-refractivity contribution is 5.88. The number of aromatic nitrogens is 2. The summed E-state index contributed by atoms with van der Waals surface area (Å²) in [5.74, 6) is 0.591. The highest BCUT2D eigenvalue weighted by Crippen LogP contribution is 2.29. The first kappa shape index (κ1) is 47.7. The minimum Gasteiger partial charge on any atom is -0.369 e. The van der Waals surface area contributed by atoms with E-state index in [9.17, 15) is 14.4 Å². The maximum absolute atomic E-state index is 13.5. The van der Waals surface area contributed by atoms with E-state index in [2.05, 4.69) is 29.1 Å². The molecule has 2 rings (SSSR count). The maximum Gasteiger partial charge on any atom is 0.277 e. The SMILES string of the molecule is CCCCCCCCCCCCCCCCCC(=O)CCCOC(C(=O)CCCCCCCCCCCCCCCCC)N1CNc2c1nc(N)[nH]c2=O. The zero-order valence-electron chi connectivity index (χ0n) is 35.1. The van der Waals surface area contributed by atoms with Crippen molar-refractivity contribution < 1.29 is 14.3 Å². The Bertz CT molecular complexity index is 1140. The molecule has 0 saturated carbocycles. The summed E-state index contributed by atoms with van der Waals surface area (Å²) in [5, 5.41) is 3.05. The van der Waals surface area contributed by atoms with E-state index in [-0.39, 0.29) is 29.7 Å². The Kier molecular flexibility index (Phi) is 29.0. The molecule has 0 amide bonds. The van der Waals surface area contributed by atoms with Gasteiger partial charge in [0.2, 0.25) is 5.95 Å². The van der Waals surface area contributed by atoms with E-state index in [1.54, 1.807) is 4.90 Å². The Morgan fingerprint density at radius 3 is 1.44 bits per heavy atom. The number of carbonyl (C=O) groups excluding carboxylic acids is 2. The van der Waals surface area contributed by atoms with E-state index >= 15 is 0 Å². The van der Waals surface area contributed by atoms with Crippen molar-refractivity contribution in [3.8, 4) is 0 Å². The van der Waals surface area contributed by atoms with Gasteiger partial charge in [-0.25, -0.2) is 0 Å². The lowest BCUT2D eigenvalue weighted by atomic mass is 10.0. The number of fused-ring (bicyclic) bond motifs is 1. The number of Topliss-reactive ketones (excluding diaryl/α,β-unsaturated/α-hetero) is 2. The fraction of sp³-hybridized carbons (Fsp3) is 0.867. The highest BCUT2D eigenvalue weighted by Gasteiger charge is 2.34. The molecule has 0 bridgehead atoms. The third-order valence-electron chi connectivity index (χ3n) is 11.1. The molecule has 0 saturated heterocycles. The highest BCUT2D eigenvalue weighted by atomic mass is 16.5. The predicted molar refractivity (Wildman–Crippen MR) is 228 cm³/mol. The first-order valence-electron chi connectivity index (χ1n) is 23.0. The van der Waals surface area contributed by atoms with E-state index in [0.29, 0.717) is 43.8 Å². The van der Waals surface area contributed by atoms with Crippen LogP contribution < -0.4 is 21.5 Å². The zero-order chi connectivity index (χ0) is 38.9. The molecule has 1 aliphatic heterocycles. The molecule has 9 nitrogen and oxygen atoms in total. The normalized spacial score (nSPS) is 13.0. The molecule has 54 heavy (non-hydrogen) atoms. The van der Waals surface area contributed by atoms with Crippen LogP contribution in [0.5, 0.6) is 0 Å². The minimum atomic E-state index is -0.871. The summed E-state index contributed by atoms with van der Waals surface area (Å²) < 4.78 is 6.17. The largest absolute Gasteiger partial charge is 0.369 e. The number of hydrogen-bond donors (Lipinski definition) is 3. The number of ketones is 2. The smallest absolute Gasteiger partial charge is 0.277 e. The molecule has 9 heteroatoms. The van der Waals surface area contributed by atoms with Gasteiger partial charge in [0, 0.05) is 19.3 Å². The van der Waals surface area contributed by atoms with Gasteiger partial charge >= 0.3 is 0 Å². The second-order valence-corrected chi connectivity index (χ2v) is 16.2. The Morgan fingerprint density at radius 1 is 0.611 bits per heavy atom. The molecule has 0 aromatic carbocycles. The molecule has 1 atom stereocenters. The number of aromatic amines is 1. The number of H-pyrrole nitrogens is 1. The fourth-order valence-corrected chi connectivity index (χ4v) is 7.71. The third kappa shape index (κ3) is 22.8. The Hall–Kier alpha value is -2.42. The number of unbranched alkanes of at least 4 members (excludes halogenated alkanes) is 28. The number of nitrogen functional groups attached to an aromatic ring is 1. The molecular weight excluding hydrogens is 675 g/mol. The molecule has 1 aliphatic rings. The van der Waals surface area contributed by atoms with Crippen LogP contribution in [-0.2, 0) is 14.3 Å². The number of ether oxygens (including phenoxy) is 1. The Balaban J connectivity index is 1.59. The molecule has 1 unspecified atom stereocenters. The standard InChI is InChI=1S/C45H83N5O4/c1-3-5-7-9-11-13-15-17-19-21-23-25-27-29-31-34-39(51)35-33-37-54-44(50-38-47-41-42(50)48-45(46)49-43(41)53)40(52)36-32-30-28-26-24-22-20-18-16-14-12-10-8-6-4-2/h44,47H,3-38H2,1-2H3,(H3,46,48,49,53). The summed E-state index contributed by atoms with van der Waals surface area (Å²) in [6.45, 7) is 5.08. The molecule has 1 aromatic heterocycles. The number of carbonyl (C=O) groups is 2. The average Bonchev–Trinajstić information content (AvgIpc) is 3.58. The van der Waals surface area contributed by atoms with Crippen LogP contribution in [0, 0.1) is 0 Å². The fourth-order valence-electron chi connectivity index (χ4n) is 7.71. The number of nitrogens with zero attached hydrogens (tertiary/aromatic N) is 2. The lowest BCUT2D eigenvalue weighted by Crippen LogP contribution is -2.44. The molecule has 0 spiro atoms. The van der Waals surface area contributed by atoms with Gasteiger partial charge in [-0.05, 0) is 19.3 Å². The molecular formula is C45H83N5O4. The molecule has 0 radical (unpaired) electrons. The van der Waals surface area contributed by atoms with E-state index < -0.39 is 6.23 Å². The first-order chi connectivity index (χ1) is 26.5. The van der Waals surface area contributed by atoms with Crippen LogP contribution >= 0.6 is 0 Å². The minimum absolute atomic E-state index is 0.00505. The van der Waals surface area contributed by atoms with Gasteiger partial charge < -0.3 is 20.7 Å². The van der Waals surface area contributed by atoms with Crippen molar-refractivity contribution in [3.63, 3.8) is 0 Å². The van der Waals surface area contributed by atoms with Crippen LogP contribution in [0.3, 0.4) is 0 Å². The second kappa shape index (κ2) is 32.8. The summed E-state index contributed by atoms with van der Waals surface area (Å²) in [4.78, 5) is 47.1. The number of hydrogen-bond acceptors (Lipinski definition) is 8. The van der Waals surface area contributed by atoms with Gasteiger partial charge in [-0.2, -0.15) is 4.98 Å². The van der Waals surface area contributed by atoms with Crippen molar-refractivity contribution >= 4 is 29.0 Å². The van der Waals surface area contributed by atoms with Crippen molar-refractivity contribution in [1.82, 2.24) is 9.97 Å². The van der Waals surface area contributed by atoms with Crippen LogP contribution in [0.1, 0.15) is 232 Å². The van der Waals surface area contributed by atoms with Gasteiger partial charge in [-0.3, -0.25) is 19.4 Å². The van der Waals surface area contributed by atoms with E-state index in [4.69, 9.17) is 10.5 Å². The number of rotatable bonds is 39. The Labute approximate surface area is 330 Å². The van der Waals surface area contributed by atoms with Crippen molar-refractivity contribution in [2.24, 2.45) is 0 Å². The quantitative estimate of drug-likeness (QED) is 0.0566. The van der Waals surface area contributed by atoms with Crippen molar-refractivity contribution in [2.45, 2.75) is 238 Å². The van der Waals surface area contributed by atoms with Gasteiger partial charge in [-0.15, -0.1) is 0 Å². The van der Waals surface area contributed by atoms with Crippen molar-refractivity contribution in [2.75, 3.05) is 29.2 Å². The molecule has 2 heterocycles. The van der Waals surface area contributed by atoms with Gasteiger partial charge in [0.1, 0.15) is 11.5 Å². The van der Waals surface area contributed by atoms with Crippen molar-refractivity contribution in [1.29, 1.82) is 0 Å². The van der Waals surface area contributed by atoms with Crippen molar-refractivity contribution in [3.05, 3.63) is 10.4 Å². The second-order valence-electron chi connectivity index (χ2n) is 16.2. The molecule has 0 aliphatic carbocycles. The maximum atomic E-state index is 13.5. The van der Waals surface area contributed by atoms with Crippen LogP contribution in [0.4, 0.5) is 17.5 Å². The predicted octanol–water partition coefficient (Wildman–Crippen LogP) is 12.3. The summed E-state index contributed by atoms with van der Waals surface area (Å²) >= 11 is 0. The lowest BCUT2D eigenvalue weighted by molar-refractivity contribution is -0.130. The summed E-state index contributed by atoms with van der Waals surface area (Å²) in [6.07, 6.45) is 40.0. The monoisotopic (exact) mass is 758 g/mol. The molecule has 0 fully saturated rings. The topological polar surface area (TPSA) is 130 Å². The molecule has 312 valence electrons. The van der Waals surface area contributed by atoms with Crippen LogP contribution in [0.15, 0.2) is 4.79 Å².